The minimum Gasteiger partial charge on any atom is -0.325 e. The summed E-state index contributed by atoms with van der Waals surface area (Å²) in [7, 11) is 0. The molecule has 21 heavy (non-hydrogen) atoms. The van der Waals surface area contributed by atoms with Crippen molar-refractivity contribution >= 4 is 11.6 Å². The van der Waals surface area contributed by atoms with Crippen molar-refractivity contribution < 1.29 is 4.79 Å². The molecule has 0 bridgehead atoms. The van der Waals surface area contributed by atoms with Gasteiger partial charge in [-0.2, -0.15) is 0 Å². The van der Waals surface area contributed by atoms with E-state index in [-0.39, 0.29) is 11.8 Å². The summed E-state index contributed by atoms with van der Waals surface area (Å²) in [5.41, 5.74) is 8.25. The number of amides is 1. The molecule has 0 saturated heterocycles. The first kappa shape index (κ1) is 14.2. The van der Waals surface area contributed by atoms with Crippen molar-refractivity contribution in [1.82, 2.24) is 0 Å². The Morgan fingerprint density at radius 3 is 2.71 bits per heavy atom. The number of rotatable bonds is 2. The van der Waals surface area contributed by atoms with Gasteiger partial charge in [-0.15, -0.1) is 0 Å². The predicted molar refractivity (Wildman–Crippen MR) is 84.7 cm³/mol. The second kappa shape index (κ2) is 5.91. The average Bonchev–Trinajstić information content (AvgIpc) is 3.22. The molecule has 1 aromatic rings. The minimum absolute atomic E-state index is 0.173. The molecular formula is C18H22N2O. The lowest BCUT2D eigenvalue weighted by molar-refractivity contribution is -0.117. The molecule has 2 atom stereocenters. The van der Waals surface area contributed by atoms with Crippen molar-refractivity contribution in [3.8, 4) is 11.8 Å². The Hall–Kier alpha value is -1.79. The Morgan fingerprint density at radius 1 is 1.33 bits per heavy atom. The Bertz CT molecular complexity index is 599. The first-order chi connectivity index (χ1) is 10.2. The quantitative estimate of drug-likeness (QED) is 0.819. The van der Waals surface area contributed by atoms with Gasteiger partial charge in [-0.1, -0.05) is 30.7 Å². The van der Waals surface area contributed by atoms with Crippen molar-refractivity contribution in [2.24, 2.45) is 23.5 Å². The third-order valence-corrected chi connectivity index (χ3v) is 4.72. The monoisotopic (exact) mass is 282 g/mol. The molecule has 0 heterocycles. The summed E-state index contributed by atoms with van der Waals surface area (Å²) in [5, 5.41) is 3.08. The number of anilines is 1. The molecule has 110 valence electrons. The largest absolute Gasteiger partial charge is 0.325 e. The molecule has 1 aromatic carbocycles. The van der Waals surface area contributed by atoms with Gasteiger partial charge in [0.05, 0.1) is 12.2 Å². The third kappa shape index (κ3) is 2.96. The molecular weight excluding hydrogens is 260 g/mol. The Kier molecular flexibility index (Phi) is 3.98. The maximum atomic E-state index is 12.5. The fourth-order valence-corrected chi connectivity index (χ4v) is 3.61. The molecule has 3 heteroatoms. The van der Waals surface area contributed by atoms with Crippen LogP contribution in [0.5, 0.6) is 0 Å². The number of hydrogen-bond acceptors (Lipinski definition) is 2. The van der Waals surface area contributed by atoms with Crippen molar-refractivity contribution in [3.05, 3.63) is 29.3 Å². The van der Waals surface area contributed by atoms with Gasteiger partial charge in [0.15, 0.2) is 0 Å². The Morgan fingerprint density at radius 2 is 2.05 bits per heavy atom. The number of fused-ring (bicyclic) bond motifs is 1. The fraction of sp³-hybridized carbons (Fsp3) is 0.500. The maximum absolute atomic E-state index is 12.5. The smallest absolute Gasteiger partial charge is 0.228 e. The summed E-state index contributed by atoms with van der Waals surface area (Å²) in [4.78, 5) is 12.5. The predicted octanol–water partition coefficient (Wildman–Crippen LogP) is 2.68. The number of nitrogens with one attached hydrogen (secondary N) is 1. The molecule has 2 unspecified atom stereocenters. The first-order valence-corrected chi connectivity index (χ1v) is 7.81. The molecule has 2 aliphatic rings. The van der Waals surface area contributed by atoms with Crippen molar-refractivity contribution in [2.45, 2.75) is 32.6 Å². The Balaban J connectivity index is 1.74. The molecule has 2 saturated carbocycles. The van der Waals surface area contributed by atoms with Crippen LogP contribution < -0.4 is 11.1 Å². The van der Waals surface area contributed by atoms with Gasteiger partial charge in [-0.05, 0) is 49.3 Å². The number of carbonyl (C=O) groups is 1. The Labute approximate surface area is 126 Å². The average molecular weight is 282 g/mol. The van der Waals surface area contributed by atoms with E-state index in [1.165, 1.54) is 25.7 Å². The SMILES string of the molecule is Cc1ccc(NC(=O)C2C3CCCCC32)c(C#CCN)c1. The summed E-state index contributed by atoms with van der Waals surface area (Å²) in [6.45, 7) is 2.35. The van der Waals surface area contributed by atoms with E-state index in [1.54, 1.807) is 0 Å². The molecule has 2 fully saturated rings. The second-order valence-electron chi connectivity index (χ2n) is 6.18. The molecule has 0 aromatic heterocycles. The standard InChI is InChI=1S/C18H22N2O/c1-12-8-9-16(13(11-12)5-4-10-19)20-18(21)17-14-6-2-3-7-15(14)17/h8-9,11,14-15,17H,2-3,6-7,10,19H2,1H3,(H,20,21). The van der Waals surface area contributed by atoms with E-state index in [9.17, 15) is 4.79 Å². The maximum Gasteiger partial charge on any atom is 0.228 e. The van der Waals surface area contributed by atoms with Gasteiger partial charge in [0, 0.05) is 11.5 Å². The van der Waals surface area contributed by atoms with Gasteiger partial charge in [0.1, 0.15) is 0 Å². The van der Waals surface area contributed by atoms with E-state index in [0.717, 1.165) is 16.8 Å². The zero-order chi connectivity index (χ0) is 14.8. The van der Waals surface area contributed by atoms with Crippen LogP contribution in [0.25, 0.3) is 0 Å². The molecule has 3 nitrogen and oxygen atoms in total. The van der Waals surface area contributed by atoms with Crippen LogP contribution in [0.1, 0.15) is 36.8 Å². The molecule has 0 radical (unpaired) electrons. The van der Waals surface area contributed by atoms with Gasteiger partial charge in [0.25, 0.3) is 0 Å². The molecule has 0 aliphatic heterocycles. The minimum atomic E-state index is 0.173. The zero-order valence-electron chi connectivity index (χ0n) is 12.5. The molecule has 2 aliphatic carbocycles. The number of aryl methyl sites for hydroxylation is 1. The van der Waals surface area contributed by atoms with Crippen LogP contribution >= 0.6 is 0 Å². The van der Waals surface area contributed by atoms with Crippen LogP contribution in [0.15, 0.2) is 18.2 Å². The van der Waals surface area contributed by atoms with Crippen LogP contribution in [0.3, 0.4) is 0 Å². The van der Waals surface area contributed by atoms with Gasteiger partial charge >= 0.3 is 0 Å². The molecule has 0 spiro atoms. The number of benzene rings is 1. The van der Waals surface area contributed by atoms with E-state index in [4.69, 9.17) is 5.73 Å². The number of carbonyl (C=O) groups excluding carboxylic acids is 1. The summed E-state index contributed by atoms with van der Waals surface area (Å²) in [5.74, 6) is 7.57. The van der Waals surface area contributed by atoms with Gasteiger partial charge < -0.3 is 11.1 Å². The van der Waals surface area contributed by atoms with E-state index in [0.29, 0.717) is 18.4 Å². The normalized spacial score (nSPS) is 26.3. The van der Waals surface area contributed by atoms with E-state index >= 15 is 0 Å². The van der Waals surface area contributed by atoms with E-state index in [1.807, 2.05) is 25.1 Å². The zero-order valence-corrected chi connectivity index (χ0v) is 12.5. The lowest BCUT2D eigenvalue weighted by atomic mass is 10.0. The van der Waals surface area contributed by atoms with Gasteiger partial charge in [-0.3, -0.25) is 4.79 Å². The van der Waals surface area contributed by atoms with Crippen molar-refractivity contribution in [3.63, 3.8) is 0 Å². The van der Waals surface area contributed by atoms with Crippen LogP contribution in [0.4, 0.5) is 5.69 Å². The van der Waals surface area contributed by atoms with Gasteiger partial charge in [0.2, 0.25) is 5.91 Å². The molecule has 3 N–H and O–H groups in total. The van der Waals surface area contributed by atoms with E-state index in [2.05, 4.69) is 17.2 Å². The highest BCUT2D eigenvalue weighted by Gasteiger charge is 2.54. The van der Waals surface area contributed by atoms with E-state index < -0.39 is 0 Å². The van der Waals surface area contributed by atoms with Crippen LogP contribution in [0, 0.1) is 36.5 Å². The number of nitrogens with two attached hydrogens (primary N) is 1. The molecule has 3 rings (SSSR count). The second-order valence-corrected chi connectivity index (χ2v) is 6.18. The highest BCUT2D eigenvalue weighted by molar-refractivity contribution is 5.96. The lowest BCUT2D eigenvalue weighted by Crippen LogP contribution is -2.16. The summed E-state index contributed by atoms with van der Waals surface area (Å²) in [6.07, 6.45) is 5.00. The van der Waals surface area contributed by atoms with Gasteiger partial charge in [-0.25, -0.2) is 0 Å². The third-order valence-electron chi connectivity index (χ3n) is 4.72. The lowest BCUT2D eigenvalue weighted by Gasteiger charge is -2.08. The van der Waals surface area contributed by atoms with Crippen LogP contribution in [0.2, 0.25) is 0 Å². The van der Waals surface area contributed by atoms with Crippen molar-refractivity contribution in [2.75, 3.05) is 11.9 Å². The summed E-state index contributed by atoms with van der Waals surface area (Å²) < 4.78 is 0. The van der Waals surface area contributed by atoms with Crippen molar-refractivity contribution in [1.29, 1.82) is 0 Å². The summed E-state index contributed by atoms with van der Waals surface area (Å²) >= 11 is 0. The number of hydrogen-bond donors (Lipinski definition) is 2. The highest BCUT2D eigenvalue weighted by Crippen LogP contribution is 2.55. The van der Waals surface area contributed by atoms with Crippen LogP contribution in [-0.4, -0.2) is 12.5 Å². The highest BCUT2D eigenvalue weighted by atomic mass is 16.2. The molecule has 1 amide bonds. The first-order valence-electron chi connectivity index (χ1n) is 7.81. The topological polar surface area (TPSA) is 55.1 Å². The fourth-order valence-electron chi connectivity index (χ4n) is 3.61. The summed E-state index contributed by atoms with van der Waals surface area (Å²) in [6, 6.07) is 5.95. The van der Waals surface area contributed by atoms with Crippen LogP contribution in [-0.2, 0) is 4.79 Å².